The van der Waals surface area contributed by atoms with Gasteiger partial charge in [-0.1, -0.05) is 42.0 Å². The smallest absolute Gasteiger partial charge is 0.149 e. The zero-order valence-corrected chi connectivity index (χ0v) is 16.1. The van der Waals surface area contributed by atoms with Gasteiger partial charge in [-0.05, 0) is 37.3 Å². The molecule has 0 aliphatic rings. The van der Waals surface area contributed by atoms with Crippen LogP contribution in [0.3, 0.4) is 0 Å². The zero-order valence-electron chi connectivity index (χ0n) is 16.1. The Bertz CT molecular complexity index is 1340. The van der Waals surface area contributed by atoms with Crippen molar-refractivity contribution in [2.45, 2.75) is 6.92 Å². The Labute approximate surface area is 167 Å². The number of halogens is 1. The van der Waals surface area contributed by atoms with Crippen molar-refractivity contribution in [2.24, 2.45) is 0 Å². The fourth-order valence-electron chi connectivity index (χ4n) is 3.61. The number of hydrogen-bond donors (Lipinski definition) is 0. The molecule has 0 fully saturated rings. The Morgan fingerprint density at radius 1 is 0.897 bits per heavy atom. The molecule has 2 heterocycles. The van der Waals surface area contributed by atoms with Crippen LogP contribution in [0.1, 0.15) is 5.56 Å². The number of ether oxygens (including phenoxy) is 1. The van der Waals surface area contributed by atoms with E-state index in [1.165, 1.54) is 11.6 Å². The minimum Gasteiger partial charge on any atom is -0.497 e. The van der Waals surface area contributed by atoms with Crippen LogP contribution in [0.2, 0.25) is 0 Å². The van der Waals surface area contributed by atoms with E-state index in [4.69, 9.17) is 9.84 Å². The summed E-state index contributed by atoms with van der Waals surface area (Å²) in [5.74, 6) is 0.422. The van der Waals surface area contributed by atoms with E-state index in [0.29, 0.717) is 5.52 Å². The van der Waals surface area contributed by atoms with E-state index in [-0.39, 0.29) is 5.82 Å². The summed E-state index contributed by atoms with van der Waals surface area (Å²) in [5.41, 5.74) is 5.02. The Morgan fingerprint density at radius 2 is 1.66 bits per heavy atom. The number of benzene rings is 3. The average Bonchev–Trinajstić information content (AvgIpc) is 3.15. The second kappa shape index (κ2) is 6.71. The first kappa shape index (κ1) is 17.4. The van der Waals surface area contributed by atoms with Crippen molar-refractivity contribution < 1.29 is 9.13 Å². The maximum absolute atomic E-state index is 14.4. The van der Waals surface area contributed by atoms with E-state index in [0.717, 1.165) is 39.0 Å². The number of para-hydroxylation sites is 1. The van der Waals surface area contributed by atoms with Crippen LogP contribution in [0.25, 0.3) is 38.8 Å². The lowest BCUT2D eigenvalue weighted by Gasteiger charge is -2.07. The molecular weight excluding hydrogens is 365 g/mol. The molecule has 0 bridgehead atoms. The van der Waals surface area contributed by atoms with Gasteiger partial charge in [0.25, 0.3) is 0 Å². The predicted octanol–water partition coefficient (Wildman–Crippen LogP) is 5.70. The van der Waals surface area contributed by atoms with Gasteiger partial charge in [-0.15, -0.1) is 0 Å². The molecule has 4 nitrogen and oxygen atoms in total. The molecule has 0 saturated heterocycles. The third-order valence-electron chi connectivity index (χ3n) is 5.13. The number of aromatic nitrogens is 3. The fraction of sp³-hybridized carbons (Fsp3) is 0.0833. The van der Waals surface area contributed by atoms with E-state index in [1.807, 2.05) is 47.1 Å². The number of nitrogens with zero attached hydrogens (tertiary/aromatic N) is 3. The van der Waals surface area contributed by atoms with Crippen molar-refractivity contribution in [3.63, 3.8) is 0 Å². The maximum atomic E-state index is 14.4. The number of rotatable bonds is 3. The van der Waals surface area contributed by atoms with Gasteiger partial charge in [-0.25, -0.2) is 9.07 Å². The molecule has 0 N–H and O–H groups in total. The van der Waals surface area contributed by atoms with Gasteiger partial charge in [0, 0.05) is 22.5 Å². The molecular formula is C24H18FN3O. The summed E-state index contributed by atoms with van der Waals surface area (Å²) < 4.78 is 21.5. The predicted molar refractivity (Wildman–Crippen MR) is 113 cm³/mol. The summed E-state index contributed by atoms with van der Waals surface area (Å²) in [7, 11) is 1.63. The normalized spacial score (nSPS) is 11.3. The van der Waals surface area contributed by atoms with Crippen LogP contribution in [0.15, 0.2) is 72.9 Å². The first-order valence-electron chi connectivity index (χ1n) is 9.33. The maximum Gasteiger partial charge on any atom is 0.149 e. The lowest BCUT2D eigenvalue weighted by Crippen LogP contribution is -1.98. The molecule has 0 unspecified atom stereocenters. The quantitative estimate of drug-likeness (QED) is 0.401. The van der Waals surface area contributed by atoms with Gasteiger partial charge in [0.15, 0.2) is 0 Å². The first-order chi connectivity index (χ1) is 14.2. The third-order valence-corrected chi connectivity index (χ3v) is 5.13. The number of methoxy groups -OCH3 is 1. The Kier molecular flexibility index (Phi) is 4.02. The van der Waals surface area contributed by atoms with Crippen molar-refractivity contribution in [1.29, 1.82) is 0 Å². The van der Waals surface area contributed by atoms with E-state index in [2.05, 4.69) is 24.0 Å². The molecule has 3 aromatic carbocycles. The summed E-state index contributed by atoms with van der Waals surface area (Å²) in [6.07, 6.45) is 1.71. The molecule has 0 saturated carbocycles. The number of aryl methyl sites for hydroxylation is 1. The van der Waals surface area contributed by atoms with Gasteiger partial charge in [-0.3, -0.25) is 4.98 Å². The minimum atomic E-state index is -0.344. The van der Waals surface area contributed by atoms with Gasteiger partial charge in [0.2, 0.25) is 0 Å². The van der Waals surface area contributed by atoms with Crippen molar-refractivity contribution in [2.75, 3.05) is 7.11 Å². The summed E-state index contributed by atoms with van der Waals surface area (Å²) in [6, 6.07) is 20.9. The number of hydrogen-bond acceptors (Lipinski definition) is 3. The van der Waals surface area contributed by atoms with Crippen molar-refractivity contribution >= 4 is 21.8 Å². The second-order valence-corrected chi connectivity index (χ2v) is 6.98. The standard InChI is InChI=1S/C24H18FN3O/c1-15-6-8-16(9-7-15)22-20-14-26-23-19(4-3-5-21(23)25)24(20)28(27-22)17-10-12-18(29-2)13-11-17/h3-14H,1-2H3. The third kappa shape index (κ3) is 2.83. The van der Waals surface area contributed by atoms with Gasteiger partial charge < -0.3 is 4.74 Å². The fourth-order valence-corrected chi connectivity index (χ4v) is 3.61. The molecule has 0 radical (unpaired) electrons. The molecule has 0 aliphatic carbocycles. The topological polar surface area (TPSA) is 39.9 Å². The minimum absolute atomic E-state index is 0.338. The van der Waals surface area contributed by atoms with E-state index in [9.17, 15) is 4.39 Å². The highest BCUT2D eigenvalue weighted by Crippen LogP contribution is 2.34. The van der Waals surface area contributed by atoms with Crippen LogP contribution in [0.4, 0.5) is 4.39 Å². The van der Waals surface area contributed by atoms with Crippen LogP contribution in [0.5, 0.6) is 5.75 Å². The highest BCUT2D eigenvalue weighted by molar-refractivity contribution is 6.08. The van der Waals surface area contributed by atoms with E-state index >= 15 is 0 Å². The summed E-state index contributed by atoms with van der Waals surface area (Å²) in [5, 5.41) is 6.51. The highest BCUT2D eigenvalue weighted by atomic mass is 19.1. The molecule has 0 aliphatic heterocycles. The molecule has 0 amide bonds. The first-order valence-corrected chi connectivity index (χ1v) is 9.33. The largest absolute Gasteiger partial charge is 0.497 e. The van der Waals surface area contributed by atoms with Crippen LogP contribution >= 0.6 is 0 Å². The van der Waals surface area contributed by atoms with Crippen molar-refractivity contribution in [3.05, 3.63) is 84.3 Å². The van der Waals surface area contributed by atoms with Crippen LogP contribution < -0.4 is 4.74 Å². The molecule has 5 heteroatoms. The Morgan fingerprint density at radius 3 is 2.38 bits per heavy atom. The summed E-state index contributed by atoms with van der Waals surface area (Å²) in [4.78, 5) is 4.40. The van der Waals surface area contributed by atoms with Crippen molar-refractivity contribution in [3.8, 4) is 22.7 Å². The molecule has 0 spiro atoms. The van der Waals surface area contributed by atoms with Gasteiger partial charge in [0.1, 0.15) is 22.8 Å². The van der Waals surface area contributed by atoms with Crippen LogP contribution in [-0.4, -0.2) is 21.9 Å². The van der Waals surface area contributed by atoms with E-state index < -0.39 is 0 Å². The molecule has 2 aromatic heterocycles. The van der Waals surface area contributed by atoms with E-state index in [1.54, 1.807) is 19.4 Å². The molecule has 5 aromatic rings. The number of fused-ring (bicyclic) bond motifs is 3. The summed E-state index contributed by atoms with van der Waals surface area (Å²) >= 11 is 0. The Balaban J connectivity index is 1.86. The SMILES string of the molecule is COc1ccc(-n2nc(-c3ccc(C)cc3)c3cnc4c(F)cccc4c32)cc1. The molecule has 29 heavy (non-hydrogen) atoms. The lowest BCUT2D eigenvalue weighted by atomic mass is 10.1. The number of pyridine rings is 1. The molecule has 0 atom stereocenters. The Hall–Kier alpha value is -3.73. The van der Waals surface area contributed by atoms with Gasteiger partial charge >= 0.3 is 0 Å². The highest BCUT2D eigenvalue weighted by Gasteiger charge is 2.18. The lowest BCUT2D eigenvalue weighted by molar-refractivity contribution is 0.414. The van der Waals surface area contributed by atoms with Crippen molar-refractivity contribution in [1.82, 2.24) is 14.8 Å². The van der Waals surface area contributed by atoms with Crippen LogP contribution in [0, 0.1) is 12.7 Å². The monoisotopic (exact) mass is 383 g/mol. The molecule has 142 valence electrons. The zero-order chi connectivity index (χ0) is 20.0. The van der Waals surface area contributed by atoms with Gasteiger partial charge in [-0.2, -0.15) is 5.10 Å². The van der Waals surface area contributed by atoms with Crippen LogP contribution in [-0.2, 0) is 0 Å². The summed E-state index contributed by atoms with van der Waals surface area (Å²) in [6.45, 7) is 2.05. The second-order valence-electron chi connectivity index (χ2n) is 6.98. The van der Waals surface area contributed by atoms with Gasteiger partial charge in [0.05, 0.1) is 18.3 Å². The average molecular weight is 383 g/mol. The molecule has 5 rings (SSSR count).